The van der Waals surface area contributed by atoms with Crippen molar-refractivity contribution < 1.29 is 4.74 Å². The minimum Gasteiger partial charge on any atom is -0.380 e. The fourth-order valence-corrected chi connectivity index (χ4v) is 4.66. The van der Waals surface area contributed by atoms with E-state index in [-0.39, 0.29) is 5.56 Å². The fourth-order valence-electron chi connectivity index (χ4n) is 3.14. The highest BCUT2D eigenvalue weighted by Crippen LogP contribution is 2.36. The Morgan fingerprint density at radius 3 is 2.78 bits per heavy atom. The Morgan fingerprint density at radius 1 is 1.26 bits per heavy atom. The van der Waals surface area contributed by atoms with Gasteiger partial charge in [0.2, 0.25) is 0 Å². The van der Waals surface area contributed by atoms with Gasteiger partial charge < -0.3 is 4.74 Å². The van der Waals surface area contributed by atoms with Gasteiger partial charge in [-0.15, -0.1) is 16.4 Å². The molecule has 4 aromatic rings. The summed E-state index contributed by atoms with van der Waals surface area (Å²) in [4.78, 5) is 18.6. The van der Waals surface area contributed by atoms with E-state index in [9.17, 15) is 4.79 Å². The average Bonchev–Trinajstić information content (AvgIpc) is 3.00. The van der Waals surface area contributed by atoms with E-state index in [1.54, 1.807) is 7.11 Å². The molecule has 8 heteroatoms. The standard InChI is InChI=1S/C19H17BrN4O2S/c1-9-5-6-10(2)13(7-9)24-19(25)17-16(22-23-24)14-12(8-26-4)15(20)11(3)21-18(14)27-17/h5-7H,8H2,1-4H3. The molecule has 0 radical (unpaired) electrons. The summed E-state index contributed by atoms with van der Waals surface area (Å²) in [6.45, 7) is 6.26. The van der Waals surface area contributed by atoms with Gasteiger partial charge in [-0.3, -0.25) is 4.79 Å². The topological polar surface area (TPSA) is 69.9 Å². The first-order chi connectivity index (χ1) is 12.9. The maximum absolute atomic E-state index is 13.2. The number of hydrogen-bond acceptors (Lipinski definition) is 6. The fraction of sp³-hybridized carbons (Fsp3) is 0.263. The van der Waals surface area contributed by atoms with Crippen molar-refractivity contribution in [2.24, 2.45) is 0 Å². The molecule has 27 heavy (non-hydrogen) atoms. The Morgan fingerprint density at radius 2 is 2.04 bits per heavy atom. The van der Waals surface area contributed by atoms with Crippen LogP contribution >= 0.6 is 27.3 Å². The molecule has 3 heterocycles. The van der Waals surface area contributed by atoms with Gasteiger partial charge in [0.15, 0.2) is 0 Å². The van der Waals surface area contributed by atoms with Crippen LogP contribution in [-0.2, 0) is 11.3 Å². The zero-order chi connectivity index (χ0) is 19.3. The lowest BCUT2D eigenvalue weighted by molar-refractivity contribution is 0.185. The number of aryl methyl sites for hydroxylation is 3. The Hall–Kier alpha value is -2.16. The van der Waals surface area contributed by atoms with Gasteiger partial charge in [0, 0.05) is 22.5 Å². The van der Waals surface area contributed by atoms with Gasteiger partial charge >= 0.3 is 0 Å². The summed E-state index contributed by atoms with van der Waals surface area (Å²) >= 11 is 4.94. The molecule has 0 aliphatic rings. The number of methoxy groups -OCH3 is 1. The van der Waals surface area contributed by atoms with Crippen molar-refractivity contribution in [3.8, 4) is 5.69 Å². The number of halogens is 1. The minimum absolute atomic E-state index is 0.186. The lowest BCUT2D eigenvalue weighted by atomic mass is 10.1. The maximum atomic E-state index is 13.2. The van der Waals surface area contributed by atoms with Crippen molar-refractivity contribution in [2.75, 3.05) is 7.11 Å². The van der Waals surface area contributed by atoms with Gasteiger partial charge in [-0.1, -0.05) is 17.3 Å². The summed E-state index contributed by atoms with van der Waals surface area (Å²) in [5.41, 5.74) is 4.94. The third-order valence-electron chi connectivity index (χ3n) is 4.52. The molecule has 0 aliphatic carbocycles. The number of thiophene rings is 1. The van der Waals surface area contributed by atoms with Crippen molar-refractivity contribution in [3.05, 3.63) is 55.4 Å². The van der Waals surface area contributed by atoms with Gasteiger partial charge in [0.1, 0.15) is 15.0 Å². The number of nitrogens with zero attached hydrogens (tertiary/aromatic N) is 4. The van der Waals surface area contributed by atoms with Crippen molar-refractivity contribution in [3.63, 3.8) is 0 Å². The summed E-state index contributed by atoms with van der Waals surface area (Å²) in [5, 5.41) is 9.46. The molecule has 0 saturated heterocycles. The molecule has 0 amide bonds. The van der Waals surface area contributed by atoms with Gasteiger partial charge in [-0.2, -0.15) is 4.68 Å². The van der Waals surface area contributed by atoms with Gasteiger partial charge in [0.25, 0.3) is 5.56 Å². The van der Waals surface area contributed by atoms with Crippen LogP contribution in [0.25, 0.3) is 26.1 Å². The summed E-state index contributed by atoms with van der Waals surface area (Å²) in [5.74, 6) is 0. The molecule has 1 aromatic carbocycles. The lowest BCUT2D eigenvalue weighted by Crippen LogP contribution is -2.22. The van der Waals surface area contributed by atoms with E-state index < -0.39 is 0 Å². The predicted molar refractivity (Wildman–Crippen MR) is 111 cm³/mol. The van der Waals surface area contributed by atoms with E-state index in [0.717, 1.165) is 42.8 Å². The second-order valence-corrected chi connectivity index (χ2v) is 8.27. The molecule has 0 aliphatic heterocycles. The van der Waals surface area contributed by atoms with Gasteiger partial charge in [-0.25, -0.2) is 4.98 Å². The van der Waals surface area contributed by atoms with Crippen LogP contribution in [0.5, 0.6) is 0 Å². The highest BCUT2D eigenvalue weighted by molar-refractivity contribution is 9.10. The van der Waals surface area contributed by atoms with Crippen LogP contribution in [0.2, 0.25) is 0 Å². The molecule has 4 rings (SSSR count). The van der Waals surface area contributed by atoms with E-state index in [0.29, 0.717) is 16.8 Å². The second-order valence-electron chi connectivity index (χ2n) is 6.48. The smallest absolute Gasteiger partial charge is 0.292 e. The van der Waals surface area contributed by atoms with Gasteiger partial charge in [0.05, 0.1) is 18.0 Å². The maximum Gasteiger partial charge on any atom is 0.292 e. The molecule has 0 fully saturated rings. The number of benzene rings is 1. The molecule has 0 spiro atoms. The molecular weight excluding hydrogens is 428 g/mol. The SMILES string of the molecule is COCc1c(Br)c(C)nc2sc3c(=O)n(-c4cc(C)ccc4C)nnc3c12. The first kappa shape index (κ1) is 18.2. The van der Waals surface area contributed by atoms with Crippen LogP contribution in [0.15, 0.2) is 27.5 Å². The van der Waals surface area contributed by atoms with Crippen LogP contribution in [0.1, 0.15) is 22.4 Å². The lowest BCUT2D eigenvalue weighted by Gasteiger charge is -2.09. The van der Waals surface area contributed by atoms with Crippen molar-refractivity contribution in [1.29, 1.82) is 0 Å². The van der Waals surface area contributed by atoms with E-state index in [1.807, 2.05) is 39.0 Å². The average molecular weight is 445 g/mol. The zero-order valence-electron chi connectivity index (χ0n) is 15.3. The molecule has 6 nitrogen and oxygen atoms in total. The summed E-state index contributed by atoms with van der Waals surface area (Å²) in [7, 11) is 1.64. The first-order valence-electron chi connectivity index (χ1n) is 8.36. The molecular formula is C19H17BrN4O2S. The third-order valence-corrected chi connectivity index (χ3v) is 6.63. The largest absolute Gasteiger partial charge is 0.380 e. The molecule has 0 saturated carbocycles. The molecule has 3 aromatic heterocycles. The number of pyridine rings is 1. The van der Waals surface area contributed by atoms with E-state index in [1.165, 1.54) is 16.0 Å². The minimum atomic E-state index is -0.186. The number of rotatable bonds is 3. The number of ether oxygens (including phenoxy) is 1. The van der Waals surface area contributed by atoms with Crippen molar-refractivity contribution >= 4 is 47.7 Å². The first-order valence-corrected chi connectivity index (χ1v) is 9.97. The summed E-state index contributed by atoms with van der Waals surface area (Å²) in [6.07, 6.45) is 0. The van der Waals surface area contributed by atoms with Gasteiger partial charge in [-0.05, 0) is 53.9 Å². The van der Waals surface area contributed by atoms with E-state index >= 15 is 0 Å². The van der Waals surface area contributed by atoms with Crippen LogP contribution in [0, 0.1) is 20.8 Å². The van der Waals surface area contributed by atoms with Crippen molar-refractivity contribution in [2.45, 2.75) is 27.4 Å². The molecule has 0 N–H and O–H groups in total. The summed E-state index contributed by atoms with van der Waals surface area (Å²) < 4.78 is 8.15. The molecule has 0 unspecified atom stereocenters. The highest BCUT2D eigenvalue weighted by Gasteiger charge is 2.20. The Balaban J connectivity index is 2.08. The number of aromatic nitrogens is 4. The zero-order valence-corrected chi connectivity index (χ0v) is 17.7. The highest BCUT2D eigenvalue weighted by atomic mass is 79.9. The quantitative estimate of drug-likeness (QED) is 0.472. The molecule has 0 atom stereocenters. The number of hydrogen-bond donors (Lipinski definition) is 0. The normalized spacial score (nSPS) is 11.6. The van der Waals surface area contributed by atoms with Crippen LogP contribution in [-0.4, -0.2) is 27.1 Å². The number of fused-ring (bicyclic) bond motifs is 3. The molecule has 138 valence electrons. The van der Waals surface area contributed by atoms with Crippen LogP contribution < -0.4 is 5.56 Å². The second kappa shape index (κ2) is 6.78. The Labute approximate surface area is 167 Å². The third kappa shape index (κ3) is 2.88. The Bertz CT molecular complexity index is 1260. The van der Waals surface area contributed by atoms with E-state index in [4.69, 9.17) is 4.74 Å². The van der Waals surface area contributed by atoms with Crippen molar-refractivity contribution in [1.82, 2.24) is 20.0 Å². The Kier molecular flexibility index (Phi) is 4.57. The summed E-state index contributed by atoms with van der Waals surface area (Å²) in [6, 6.07) is 5.93. The predicted octanol–water partition coefficient (Wildman–Crippen LogP) is 4.22. The monoisotopic (exact) mass is 444 g/mol. The van der Waals surface area contributed by atoms with E-state index in [2.05, 4.69) is 31.2 Å². The van der Waals surface area contributed by atoms with Crippen LogP contribution in [0.4, 0.5) is 0 Å². The molecule has 0 bridgehead atoms. The van der Waals surface area contributed by atoms with Crippen LogP contribution in [0.3, 0.4) is 0 Å².